The topological polar surface area (TPSA) is 116 Å². The van der Waals surface area contributed by atoms with Crippen molar-refractivity contribution in [3.8, 4) is 5.69 Å². The zero-order valence-corrected chi connectivity index (χ0v) is 16.7. The Hall–Kier alpha value is -4.01. The van der Waals surface area contributed by atoms with Gasteiger partial charge in [0.15, 0.2) is 6.10 Å². The second-order valence-corrected chi connectivity index (χ2v) is 6.60. The number of rotatable bonds is 6. The van der Waals surface area contributed by atoms with Gasteiger partial charge in [0.1, 0.15) is 11.3 Å². The maximum atomic E-state index is 12.7. The van der Waals surface area contributed by atoms with Gasteiger partial charge in [-0.3, -0.25) is 14.9 Å². The quantitative estimate of drug-likeness (QED) is 0.379. The zero-order chi connectivity index (χ0) is 21.8. The molecule has 1 N–H and O–H groups in total. The van der Waals surface area contributed by atoms with Gasteiger partial charge in [0.05, 0.1) is 22.0 Å². The number of nitro groups is 1. The van der Waals surface area contributed by atoms with Crippen molar-refractivity contribution in [1.82, 2.24) is 9.78 Å². The SMILES string of the molecule is Cc1nn(-c2ccccc2)c(C)c1C(=O)OC(C)C(=O)Nc1ccccc1[N+](=O)[O-]. The number of anilines is 1. The van der Waals surface area contributed by atoms with E-state index in [0.29, 0.717) is 11.4 Å². The summed E-state index contributed by atoms with van der Waals surface area (Å²) in [5.41, 5.74) is 1.88. The number of aryl methyl sites for hydroxylation is 1. The molecule has 9 nitrogen and oxygen atoms in total. The number of para-hydroxylation sites is 3. The van der Waals surface area contributed by atoms with E-state index >= 15 is 0 Å². The third-order valence-electron chi connectivity index (χ3n) is 4.51. The van der Waals surface area contributed by atoms with Gasteiger partial charge in [-0.15, -0.1) is 0 Å². The van der Waals surface area contributed by atoms with Crippen molar-refractivity contribution in [1.29, 1.82) is 0 Å². The highest BCUT2D eigenvalue weighted by molar-refractivity contribution is 5.99. The molecule has 0 aliphatic carbocycles. The number of carbonyl (C=O) groups is 2. The second kappa shape index (κ2) is 8.56. The summed E-state index contributed by atoms with van der Waals surface area (Å²) in [6, 6.07) is 15.0. The van der Waals surface area contributed by atoms with Gasteiger partial charge >= 0.3 is 5.97 Å². The normalized spacial score (nSPS) is 11.6. The zero-order valence-electron chi connectivity index (χ0n) is 16.7. The lowest BCUT2D eigenvalue weighted by molar-refractivity contribution is -0.383. The number of aromatic nitrogens is 2. The van der Waals surface area contributed by atoms with E-state index in [0.717, 1.165) is 5.69 Å². The average molecular weight is 408 g/mol. The number of esters is 1. The van der Waals surface area contributed by atoms with E-state index < -0.39 is 22.9 Å². The summed E-state index contributed by atoms with van der Waals surface area (Å²) in [6.45, 7) is 4.82. The number of hydrogen-bond donors (Lipinski definition) is 1. The lowest BCUT2D eigenvalue weighted by Crippen LogP contribution is -2.30. The largest absolute Gasteiger partial charge is 0.449 e. The molecule has 1 heterocycles. The monoisotopic (exact) mass is 408 g/mol. The smallest absolute Gasteiger partial charge is 0.342 e. The average Bonchev–Trinajstić information content (AvgIpc) is 3.02. The Labute approximate surface area is 172 Å². The fraction of sp³-hybridized carbons (Fsp3) is 0.190. The van der Waals surface area contributed by atoms with Crippen LogP contribution in [0.1, 0.15) is 28.7 Å². The molecule has 1 atom stereocenters. The Bertz CT molecular complexity index is 1110. The molecule has 1 aromatic heterocycles. The number of nitrogens with one attached hydrogen (secondary N) is 1. The molecule has 0 aliphatic rings. The van der Waals surface area contributed by atoms with Crippen LogP contribution in [0.25, 0.3) is 5.69 Å². The Morgan fingerprint density at radius 3 is 2.40 bits per heavy atom. The summed E-state index contributed by atoms with van der Waals surface area (Å²) in [4.78, 5) is 35.6. The Balaban J connectivity index is 1.76. The van der Waals surface area contributed by atoms with Crippen LogP contribution >= 0.6 is 0 Å². The molecular weight excluding hydrogens is 388 g/mol. The molecule has 3 aromatic rings. The number of benzene rings is 2. The first kappa shape index (κ1) is 20.7. The lowest BCUT2D eigenvalue weighted by atomic mass is 10.2. The van der Waals surface area contributed by atoms with E-state index in [1.807, 2.05) is 30.3 Å². The van der Waals surface area contributed by atoms with Crippen molar-refractivity contribution in [2.45, 2.75) is 26.9 Å². The Morgan fingerprint density at radius 1 is 1.10 bits per heavy atom. The number of amides is 1. The highest BCUT2D eigenvalue weighted by atomic mass is 16.6. The minimum atomic E-state index is -1.17. The number of nitrogens with zero attached hydrogens (tertiary/aromatic N) is 3. The van der Waals surface area contributed by atoms with Crippen molar-refractivity contribution in [2.24, 2.45) is 0 Å². The van der Waals surface area contributed by atoms with Gasteiger partial charge in [-0.25, -0.2) is 9.48 Å². The van der Waals surface area contributed by atoms with Gasteiger partial charge < -0.3 is 10.1 Å². The molecule has 9 heteroatoms. The molecule has 30 heavy (non-hydrogen) atoms. The van der Waals surface area contributed by atoms with Crippen molar-refractivity contribution in [3.05, 3.63) is 81.7 Å². The second-order valence-electron chi connectivity index (χ2n) is 6.60. The number of ether oxygens (including phenoxy) is 1. The van der Waals surface area contributed by atoms with Crippen LogP contribution in [0.5, 0.6) is 0 Å². The van der Waals surface area contributed by atoms with Crippen molar-refractivity contribution in [2.75, 3.05) is 5.32 Å². The lowest BCUT2D eigenvalue weighted by Gasteiger charge is -2.14. The molecule has 0 saturated heterocycles. The van der Waals surface area contributed by atoms with Crippen LogP contribution in [0.4, 0.5) is 11.4 Å². The van der Waals surface area contributed by atoms with E-state index in [2.05, 4.69) is 10.4 Å². The number of carbonyl (C=O) groups excluding carboxylic acids is 2. The fourth-order valence-electron chi connectivity index (χ4n) is 3.00. The van der Waals surface area contributed by atoms with Gasteiger partial charge in [0.25, 0.3) is 11.6 Å². The van der Waals surface area contributed by atoms with E-state index in [1.54, 1.807) is 24.6 Å². The Morgan fingerprint density at radius 2 is 1.73 bits per heavy atom. The molecule has 154 valence electrons. The van der Waals surface area contributed by atoms with Crippen LogP contribution in [-0.4, -0.2) is 32.7 Å². The van der Waals surface area contributed by atoms with Gasteiger partial charge in [-0.2, -0.15) is 5.10 Å². The van der Waals surface area contributed by atoms with E-state index in [9.17, 15) is 19.7 Å². The maximum Gasteiger partial charge on any atom is 0.342 e. The molecule has 0 fully saturated rings. The van der Waals surface area contributed by atoms with Crippen molar-refractivity contribution in [3.63, 3.8) is 0 Å². The van der Waals surface area contributed by atoms with Crippen LogP contribution in [0.15, 0.2) is 54.6 Å². The van der Waals surface area contributed by atoms with Crippen molar-refractivity contribution >= 4 is 23.3 Å². The summed E-state index contributed by atoms with van der Waals surface area (Å²) < 4.78 is 6.94. The summed E-state index contributed by atoms with van der Waals surface area (Å²) in [7, 11) is 0. The maximum absolute atomic E-state index is 12.7. The highest BCUT2D eigenvalue weighted by Crippen LogP contribution is 2.24. The summed E-state index contributed by atoms with van der Waals surface area (Å²) >= 11 is 0. The molecule has 0 aliphatic heterocycles. The van der Waals surface area contributed by atoms with E-state index in [-0.39, 0.29) is 16.9 Å². The van der Waals surface area contributed by atoms with Crippen LogP contribution < -0.4 is 5.32 Å². The molecule has 0 radical (unpaired) electrons. The Kier molecular flexibility index (Phi) is 5.91. The van der Waals surface area contributed by atoms with Gasteiger partial charge in [0.2, 0.25) is 0 Å². The molecular formula is C21H20N4O5. The minimum Gasteiger partial charge on any atom is -0.449 e. The van der Waals surface area contributed by atoms with E-state index in [4.69, 9.17) is 4.74 Å². The van der Waals surface area contributed by atoms with Crippen LogP contribution in [-0.2, 0) is 9.53 Å². The third-order valence-corrected chi connectivity index (χ3v) is 4.51. The van der Waals surface area contributed by atoms with Gasteiger partial charge in [-0.05, 0) is 39.0 Å². The summed E-state index contributed by atoms with van der Waals surface area (Å²) in [5.74, 6) is -1.37. The van der Waals surface area contributed by atoms with Gasteiger partial charge in [0, 0.05) is 6.07 Å². The first-order chi connectivity index (χ1) is 14.3. The third kappa shape index (κ3) is 4.19. The molecule has 3 rings (SSSR count). The summed E-state index contributed by atoms with van der Waals surface area (Å²) in [6.07, 6.45) is -1.17. The highest BCUT2D eigenvalue weighted by Gasteiger charge is 2.26. The fourth-order valence-corrected chi connectivity index (χ4v) is 3.00. The predicted molar refractivity (Wildman–Crippen MR) is 110 cm³/mol. The minimum absolute atomic E-state index is 0.0275. The van der Waals surface area contributed by atoms with Crippen molar-refractivity contribution < 1.29 is 19.2 Å². The van der Waals surface area contributed by atoms with Crippen LogP contribution in [0.2, 0.25) is 0 Å². The van der Waals surface area contributed by atoms with E-state index in [1.165, 1.54) is 25.1 Å². The molecule has 1 unspecified atom stereocenters. The molecule has 0 spiro atoms. The van der Waals surface area contributed by atoms with Crippen LogP contribution in [0, 0.1) is 24.0 Å². The summed E-state index contributed by atoms with van der Waals surface area (Å²) in [5, 5.41) is 17.9. The first-order valence-electron chi connectivity index (χ1n) is 9.16. The predicted octanol–water partition coefficient (Wildman–Crippen LogP) is 3.58. The van der Waals surface area contributed by atoms with Gasteiger partial charge in [-0.1, -0.05) is 30.3 Å². The molecule has 0 saturated carbocycles. The molecule has 0 bridgehead atoms. The first-order valence-corrected chi connectivity index (χ1v) is 9.16. The standard InChI is InChI=1S/C21H20N4O5/c1-13-19(14(2)24(23-13)16-9-5-4-6-10-16)21(27)30-15(3)20(26)22-17-11-7-8-12-18(17)25(28)29/h4-12,15H,1-3H3,(H,22,26). The number of nitro benzene ring substituents is 1. The molecule has 1 amide bonds. The molecule has 2 aromatic carbocycles. The van der Waals surface area contributed by atoms with Crippen LogP contribution in [0.3, 0.4) is 0 Å². The number of hydrogen-bond acceptors (Lipinski definition) is 6.